The van der Waals surface area contributed by atoms with E-state index in [0.29, 0.717) is 22.6 Å². The number of carbonyl (C=O) groups excluding carboxylic acids is 2. The molecule has 0 aliphatic heterocycles. The van der Waals surface area contributed by atoms with Crippen LogP contribution in [-0.4, -0.2) is 26.2 Å². The molecular weight excluding hydrogens is 244 g/mol. The predicted molar refractivity (Wildman–Crippen MR) is 63.1 cm³/mol. The van der Waals surface area contributed by atoms with Crippen LogP contribution >= 0.6 is 11.6 Å². The number of esters is 2. The highest BCUT2D eigenvalue weighted by Gasteiger charge is 2.15. The predicted octanol–water partition coefficient (Wildman–Crippen LogP) is 2.23. The van der Waals surface area contributed by atoms with Crippen molar-refractivity contribution >= 4 is 23.5 Å². The summed E-state index contributed by atoms with van der Waals surface area (Å²) in [7, 11) is 2.61. The Morgan fingerprint density at radius 2 is 1.94 bits per heavy atom. The van der Waals surface area contributed by atoms with Gasteiger partial charge in [-0.2, -0.15) is 0 Å². The molecule has 0 saturated heterocycles. The number of hydrogen-bond acceptors (Lipinski definition) is 4. The fourth-order valence-corrected chi connectivity index (χ4v) is 1.71. The topological polar surface area (TPSA) is 52.6 Å². The number of benzene rings is 1. The smallest absolute Gasteiger partial charge is 0.338 e. The van der Waals surface area contributed by atoms with Gasteiger partial charge in [0.1, 0.15) is 0 Å². The zero-order valence-electron chi connectivity index (χ0n) is 9.66. The van der Waals surface area contributed by atoms with Crippen molar-refractivity contribution in [3.05, 3.63) is 34.3 Å². The van der Waals surface area contributed by atoms with Gasteiger partial charge in [-0.1, -0.05) is 17.7 Å². The summed E-state index contributed by atoms with van der Waals surface area (Å²) in [6.07, 6.45) is 0.515. The van der Waals surface area contributed by atoms with Crippen molar-refractivity contribution in [1.82, 2.24) is 0 Å². The van der Waals surface area contributed by atoms with E-state index in [2.05, 4.69) is 9.47 Å². The normalized spacial score (nSPS) is 9.82. The monoisotopic (exact) mass is 256 g/mol. The Hall–Kier alpha value is -1.55. The van der Waals surface area contributed by atoms with Crippen LogP contribution in [0.5, 0.6) is 0 Å². The lowest BCUT2D eigenvalue weighted by Gasteiger charge is -2.09. The van der Waals surface area contributed by atoms with Gasteiger partial charge in [-0.25, -0.2) is 4.79 Å². The van der Waals surface area contributed by atoms with Gasteiger partial charge in [0.2, 0.25) is 0 Å². The van der Waals surface area contributed by atoms with Gasteiger partial charge >= 0.3 is 11.9 Å². The molecule has 0 saturated carbocycles. The molecule has 0 fully saturated rings. The minimum absolute atomic E-state index is 0.171. The second-order valence-corrected chi connectivity index (χ2v) is 3.74. The Morgan fingerprint density at radius 1 is 1.24 bits per heavy atom. The molecule has 0 N–H and O–H groups in total. The third-order valence-electron chi connectivity index (χ3n) is 2.33. The number of hydrogen-bond donors (Lipinski definition) is 0. The fraction of sp³-hybridized carbons (Fsp3) is 0.333. The SMILES string of the molecule is COC(=O)CCc1c(Cl)cccc1C(=O)OC. The lowest BCUT2D eigenvalue weighted by Crippen LogP contribution is -2.09. The van der Waals surface area contributed by atoms with E-state index in [1.807, 2.05) is 0 Å². The lowest BCUT2D eigenvalue weighted by atomic mass is 10.0. The van der Waals surface area contributed by atoms with E-state index >= 15 is 0 Å². The summed E-state index contributed by atoms with van der Waals surface area (Å²) in [6, 6.07) is 4.95. The highest BCUT2D eigenvalue weighted by atomic mass is 35.5. The van der Waals surface area contributed by atoms with Gasteiger partial charge in [0.05, 0.1) is 19.8 Å². The molecule has 0 aliphatic rings. The number of carbonyl (C=O) groups is 2. The lowest BCUT2D eigenvalue weighted by molar-refractivity contribution is -0.140. The minimum Gasteiger partial charge on any atom is -0.469 e. The molecule has 1 rings (SSSR count). The first-order valence-corrected chi connectivity index (χ1v) is 5.40. The Labute approximate surface area is 104 Å². The maximum Gasteiger partial charge on any atom is 0.338 e. The molecule has 0 aromatic heterocycles. The van der Waals surface area contributed by atoms with E-state index in [4.69, 9.17) is 11.6 Å². The third-order valence-corrected chi connectivity index (χ3v) is 2.69. The van der Waals surface area contributed by atoms with E-state index in [1.165, 1.54) is 14.2 Å². The van der Waals surface area contributed by atoms with Crippen LogP contribution in [0.15, 0.2) is 18.2 Å². The van der Waals surface area contributed by atoms with Crippen LogP contribution in [0, 0.1) is 0 Å². The molecule has 1 aromatic rings. The number of ether oxygens (including phenoxy) is 2. The molecule has 1 aromatic carbocycles. The largest absolute Gasteiger partial charge is 0.469 e. The van der Waals surface area contributed by atoms with Crippen LogP contribution in [0.3, 0.4) is 0 Å². The highest BCUT2D eigenvalue weighted by Crippen LogP contribution is 2.22. The summed E-state index contributed by atoms with van der Waals surface area (Å²) in [4.78, 5) is 22.6. The number of methoxy groups -OCH3 is 2. The zero-order valence-corrected chi connectivity index (χ0v) is 10.4. The Morgan fingerprint density at radius 3 is 2.53 bits per heavy atom. The van der Waals surface area contributed by atoms with Crippen molar-refractivity contribution in [3.63, 3.8) is 0 Å². The van der Waals surface area contributed by atoms with Crippen molar-refractivity contribution in [2.24, 2.45) is 0 Å². The summed E-state index contributed by atoms with van der Waals surface area (Å²) in [5, 5.41) is 0.441. The van der Waals surface area contributed by atoms with Crippen molar-refractivity contribution in [3.8, 4) is 0 Å². The maximum atomic E-state index is 11.5. The summed E-state index contributed by atoms with van der Waals surface area (Å²) in [5.74, 6) is -0.812. The first-order chi connectivity index (χ1) is 8.10. The second kappa shape index (κ2) is 6.25. The molecular formula is C12H13ClO4. The van der Waals surface area contributed by atoms with Crippen LogP contribution in [0.1, 0.15) is 22.3 Å². The summed E-state index contributed by atoms with van der Waals surface area (Å²) < 4.78 is 9.19. The quantitative estimate of drug-likeness (QED) is 0.776. The molecule has 0 spiro atoms. The van der Waals surface area contributed by atoms with Gasteiger partial charge in [0.15, 0.2) is 0 Å². The molecule has 0 atom stereocenters. The number of halogens is 1. The van der Waals surface area contributed by atoms with Crippen molar-refractivity contribution in [2.75, 3.05) is 14.2 Å². The average molecular weight is 257 g/mol. The molecule has 0 unspecified atom stereocenters. The van der Waals surface area contributed by atoms with Crippen molar-refractivity contribution < 1.29 is 19.1 Å². The summed E-state index contributed by atoms with van der Waals surface area (Å²) in [5.41, 5.74) is 0.982. The van der Waals surface area contributed by atoms with E-state index in [0.717, 1.165) is 0 Å². The standard InChI is InChI=1S/C12H13ClO4/c1-16-11(14)7-6-8-9(12(15)17-2)4-3-5-10(8)13/h3-5H,6-7H2,1-2H3. The van der Waals surface area contributed by atoms with Gasteiger partial charge in [-0.05, 0) is 24.1 Å². The van der Waals surface area contributed by atoms with Gasteiger partial charge < -0.3 is 9.47 Å². The Bertz CT molecular complexity index is 429. The van der Waals surface area contributed by atoms with Crippen LogP contribution < -0.4 is 0 Å². The zero-order chi connectivity index (χ0) is 12.8. The van der Waals surface area contributed by atoms with Crippen molar-refractivity contribution in [1.29, 1.82) is 0 Å². The summed E-state index contributed by atoms with van der Waals surface area (Å²) >= 11 is 6.00. The molecule has 92 valence electrons. The highest BCUT2D eigenvalue weighted by molar-refractivity contribution is 6.31. The van der Waals surface area contributed by atoms with Gasteiger partial charge in [0, 0.05) is 11.4 Å². The number of rotatable bonds is 4. The van der Waals surface area contributed by atoms with Crippen LogP contribution in [0.25, 0.3) is 0 Å². The summed E-state index contributed by atoms with van der Waals surface area (Å²) in [6.45, 7) is 0. The van der Waals surface area contributed by atoms with Crippen LogP contribution in [0.4, 0.5) is 0 Å². The van der Waals surface area contributed by atoms with Crippen LogP contribution in [0.2, 0.25) is 5.02 Å². The molecule has 4 nitrogen and oxygen atoms in total. The van der Waals surface area contributed by atoms with E-state index in [-0.39, 0.29) is 12.4 Å². The first kappa shape index (κ1) is 13.5. The maximum absolute atomic E-state index is 11.5. The third kappa shape index (κ3) is 3.46. The van der Waals surface area contributed by atoms with E-state index < -0.39 is 5.97 Å². The van der Waals surface area contributed by atoms with Crippen molar-refractivity contribution in [2.45, 2.75) is 12.8 Å². The molecule has 5 heteroatoms. The molecule has 17 heavy (non-hydrogen) atoms. The molecule has 0 aliphatic carbocycles. The minimum atomic E-state index is -0.465. The van der Waals surface area contributed by atoms with Crippen LogP contribution in [-0.2, 0) is 20.7 Å². The molecule has 0 amide bonds. The second-order valence-electron chi connectivity index (χ2n) is 3.33. The molecule has 0 heterocycles. The van der Waals surface area contributed by atoms with E-state index in [9.17, 15) is 9.59 Å². The van der Waals surface area contributed by atoms with Gasteiger partial charge in [0.25, 0.3) is 0 Å². The Kier molecular flexibility index (Phi) is 4.97. The Balaban J connectivity index is 2.95. The first-order valence-electron chi connectivity index (χ1n) is 5.02. The van der Waals surface area contributed by atoms with Gasteiger partial charge in [-0.3, -0.25) is 4.79 Å². The van der Waals surface area contributed by atoms with Gasteiger partial charge in [-0.15, -0.1) is 0 Å². The molecule has 0 radical (unpaired) electrons. The molecule has 0 bridgehead atoms. The fourth-order valence-electron chi connectivity index (χ4n) is 1.44. The average Bonchev–Trinajstić information content (AvgIpc) is 2.35. The van der Waals surface area contributed by atoms with E-state index in [1.54, 1.807) is 18.2 Å².